The van der Waals surface area contributed by atoms with Gasteiger partial charge in [0.2, 0.25) is 11.9 Å². The average Bonchev–Trinajstić information content (AvgIpc) is 2.80. The van der Waals surface area contributed by atoms with E-state index in [1.165, 1.54) is 11.4 Å². The SMILES string of the molecule is CC(=O)Nc1ccc(-c2ccc3nnc(N)n3n2)cc1. The Morgan fingerprint density at radius 1 is 1.15 bits per heavy atom. The number of carbonyl (C=O) groups is 1. The van der Waals surface area contributed by atoms with E-state index in [9.17, 15) is 4.79 Å². The highest BCUT2D eigenvalue weighted by molar-refractivity contribution is 5.88. The lowest BCUT2D eigenvalue weighted by Gasteiger charge is -2.04. The summed E-state index contributed by atoms with van der Waals surface area (Å²) in [6, 6.07) is 11.0. The molecule has 20 heavy (non-hydrogen) atoms. The zero-order chi connectivity index (χ0) is 14.1. The zero-order valence-electron chi connectivity index (χ0n) is 10.7. The Bertz CT molecular complexity index is 777. The number of aromatic nitrogens is 4. The standard InChI is InChI=1S/C13H12N6O/c1-8(20)15-10-4-2-9(3-5-10)11-6-7-12-16-17-13(14)19(12)18-11/h2-7H,1H3,(H2,14,17)(H,15,20). The number of rotatable bonds is 2. The Hall–Kier alpha value is -2.96. The number of nitrogens with two attached hydrogens (primary N) is 1. The summed E-state index contributed by atoms with van der Waals surface area (Å²) in [6.45, 7) is 1.47. The van der Waals surface area contributed by atoms with Crippen molar-refractivity contribution >= 4 is 23.2 Å². The third kappa shape index (κ3) is 2.16. The lowest BCUT2D eigenvalue weighted by Crippen LogP contribution is -2.05. The lowest BCUT2D eigenvalue weighted by atomic mass is 10.1. The van der Waals surface area contributed by atoms with Crippen molar-refractivity contribution in [1.29, 1.82) is 0 Å². The number of fused-ring (bicyclic) bond motifs is 1. The second kappa shape index (κ2) is 4.61. The number of carbonyl (C=O) groups excluding carboxylic acids is 1. The van der Waals surface area contributed by atoms with E-state index in [0.29, 0.717) is 5.65 Å². The number of benzene rings is 1. The molecule has 0 saturated carbocycles. The van der Waals surface area contributed by atoms with Gasteiger partial charge >= 0.3 is 0 Å². The number of nitrogens with zero attached hydrogens (tertiary/aromatic N) is 4. The van der Waals surface area contributed by atoms with Crippen LogP contribution >= 0.6 is 0 Å². The molecule has 0 radical (unpaired) electrons. The quantitative estimate of drug-likeness (QED) is 0.730. The topological polar surface area (TPSA) is 98.2 Å². The minimum atomic E-state index is -0.102. The molecule has 0 aliphatic rings. The van der Waals surface area contributed by atoms with Crippen molar-refractivity contribution in [2.24, 2.45) is 0 Å². The molecule has 2 aromatic heterocycles. The van der Waals surface area contributed by atoms with Crippen LogP contribution in [0.5, 0.6) is 0 Å². The number of hydrogen-bond donors (Lipinski definition) is 2. The third-order valence-electron chi connectivity index (χ3n) is 2.79. The first-order valence-corrected chi connectivity index (χ1v) is 5.99. The van der Waals surface area contributed by atoms with Crippen LogP contribution in [-0.4, -0.2) is 25.7 Å². The van der Waals surface area contributed by atoms with Crippen molar-refractivity contribution in [3.63, 3.8) is 0 Å². The number of amides is 1. The van der Waals surface area contributed by atoms with Crippen LogP contribution in [0.25, 0.3) is 16.9 Å². The highest BCUT2D eigenvalue weighted by Crippen LogP contribution is 2.20. The van der Waals surface area contributed by atoms with Gasteiger partial charge in [0.1, 0.15) is 0 Å². The van der Waals surface area contributed by atoms with E-state index in [4.69, 9.17) is 5.73 Å². The highest BCUT2D eigenvalue weighted by Gasteiger charge is 2.06. The molecule has 7 heteroatoms. The molecule has 0 aliphatic heterocycles. The molecule has 0 aliphatic carbocycles. The van der Waals surface area contributed by atoms with Crippen LogP contribution in [0, 0.1) is 0 Å². The first-order valence-electron chi connectivity index (χ1n) is 5.99. The van der Waals surface area contributed by atoms with Crippen LogP contribution < -0.4 is 11.1 Å². The fraction of sp³-hybridized carbons (Fsp3) is 0.0769. The van der Waals surface area contributed by atoms with Gasteiger partial charge in [0.25, 0.3) is 0 Å². The van der Waals surface area contributed by atoms with Crippen LogP contribution in [0.1, 0.15) is 6.92 Å². The molecule has 3 N–H and O–H groups in total. The summed E-state index contributed by atoms with van der Waals surface area (Å²) in [5.74, 6) is 0.145. The maximum absolute atomic E-state index is 11.0. The second-order valence-corrected chi connectivity index (χ2v) is 4.31. The van der Waals surface area contributed by atoms with Crippen LogP contribution in [0.15, 0.2) is 36.4 Å². The molecule has 100 valence electrons. The van der Waals surface area contributed by atoms with E-state index >= 15 is 0 Å². The van der Waals surface area contributed by atoms with Gasteiger partial charge in [-0.15, -0.1) is 10.2 Å². The van der Waals surface area contributed by atoms with Crippen molar-refractivity contribution in [3.05, 3.63) is 36.4 Å². The summed E-state index contributed by atoms with van der Waals surface area (Å²) in [6.07, 6.45) is 0. The van der Waals surface area contributed by atoms with Gasteiger partial charge in [0, 0.05) is 18.2 Å². The minimum Gasteiger partial charge on any atom is -0.366 e. The molecular weight excluding hydrogens is 256 g/mol. The maximum atomic E-state index is 11.0. The summed E-state index contributed by atoms with van der Waals surface area (Å²) in [4.78, 5) is 11.0. The predicted octanol–water partition coefficient (Wildman–Crippen LogP) is 1.33. The Labute approximate surface area is 114 Å². The predicted molar refractivity (Wildman–Crippen MR) is 74.9 cm³/mol. The van der Waals surface area contributed by atoms with Crippen molar-refractivity contribution in [2.45, 2.75) is 6.92 Å². The third-order valence-corrected chi connectivity index (χ3v) is 2.79. The molecule has 0 bridgehead atoms. The Morgan fingerprint density at radius 3 is 2.60 bits per heavy atom. The first kappa shape index (κ1) is 12.1. The minimum absolute atomic E-state index is 0.102. The van der Waals surface area contributed by atoms with Crippen molar-refractivity contribution in [2.75, 3.05) is 11.1 Å². The zero-order valence-corrected chi connectivity index (χ0v) is 10.7. The van der Waals surface area contributed by atoms with Gasteiger partial charge in [0.05, 0.1) is 5.69 Å². The molecule has 0 saturated heterocycles. The average molecular weight is 268 g/mol. The van der Waals surface area contributed by atoms with Gasteiger partial charge in [0.15, 0.2) is 5.65 Å². The monoisotopic (exact) mass is 268 g/mol. The van der Waals surface area contributed by atoms with Crippen LogP contribution in [-0.2, 0) is 4.79 Å². The number of anilines is 2. The summed E-state index contributed by atoms with van der Waals surface area (Å²) in [5, 5.41) is 14.7. The number of hydrogen-bond acceptors (Lipinski definition) is 5. The molecule has 0 spiro atoms. The Balaban J connectivity index is 1.97. The van der Waals surface area contributed by atoms with E-state index in [1.807, 2.05) is 30.3 Å². The van der Waals surface area contributed by atoms with Gasteiger partial charge in [-0.1, -0.05) is 12.1 Å². The largest absolute Gasteiger partial charge is 0.366 e. The normalized spacial score (nSPS) is 10.7. The van der Waals surface area contributed by atoms with Gasteiger partial charge in [-0.2, -0.15) is 9.61 Å². The molecule has 1 amide bonds. The molecular formula is C13H12N6O. The van der Waals surface area contributed by atoms with Gasteiger partial charge in [-0.3, -0.25) is 4.79 Å². The number of nitrogens with one attached hydrogen (secondary N) is 1. The Morgan fingerprint density at radius 2 is 1.90 bits per heavy atom. The fourth-order valence-electron chi connectivity index (χ4n) is 1.89. The van der Waals surface area contributed by atoms with E-state index in [-0.39, 0.29) is 11.9 Å². The van der Waals surface area contributed by atoms with Crippen LogP contribution in [0.3, 0.4) is 0 Å². The molecule has 0 unspecified atom stereocenters. The van der Waals surface area contributed by atoms with E-state index in [1.54, 1.807) is 6.07 Å². The van der Waals surface area contributed by atoms with Crippen molar-refractivity contribution in [3.8, 4) is 11.3 Å². The first-order chi connectivity index (χ1) is 9.63. The maximum Gasteiger partial charge on any atom is 0.243 e. The summed E-state index contributed by atoms with van der Waals surface area (Å²) >= 11 is 0. The number of nitrogen functional groups attached to an aromatic ring is 1. The van der Waals surface area contributed by atoms with Gasteiger partial charge < -0.3 is 11.1 Å². The van der Waals surface area contributed by atoms with Crippen LogP contribution in [0.2, 0.25) is 0 Å². The molecule has 2 heterocycles. The highest BCUT2D eigenvalue weighted by atomic mass is 16.1. The van der Waals surface area contributed by atoms with Gasteiger partial charge in [-0.25, -0.2) is 0 Å². The summed E-state index contributed by atoms with van der Waals surface area (Å²) in [7, 11) is 0. The van der Waals surface area contributed by atoms with E-state index < -0.39 is 0 Å². The van der Waals surface area contributed by atoms with Crippen molar-refractivity contribution < 1.29 is 4.79 Å². The molecule has 1 aromatic carbocycles. The molecule has 3 aromatic rings. The van der Waals surface area contributed by atoms with Gasteiger partial charge in [-0.05, 0) is 24.3 Å². The van der Waals surface area contributed by atoms with Crippen LogP contribution in [0.4, 0.5) is 11.6 Å². The molecule has 3 rings (SSSR count). The lowest BCUT2D eigenvalue weighted by molar-refractivity contribution is -0.114. The molecule has 7 nitrogen and oxygen atoms in total. The fourth-order valence-corrected chi connectivity index (χ4v) is 1.89. The summed E-state index contributed by atoms with van der Waals surface area (Å²) in [5.41, 5.74) is 8.68. The molecule has 0 atom stereocenters. The smallest absolute Gasteiger partial charge is 0.243 e. The summed E-state index contributed by atoms with van der Waals surface area (Å²) < 4.78 is 1.48. The van der Waals surface area contributed by atoms with Crippen molar-refractivity contribution in [1.82, 2.24) is 19.8 Å². The second-order valence-electron chi connectivity index (χ2n) is 4.31. The Kier molecular flexibility index (Phi) is 2.79. The molecule has 0 fully saturated rings. The van der Waals surface area contributed by atoms with E-state index in [0.717, 1.165) is 16.9 Å². The van der Waals surface area contributed by atoms with E-state index in [2.05, 4.69) is 20.6 Å².